The van der Waals surface area contributed by atoms with Crippen LogP contribution in [0.4, 0.5) is 4.39 Å². The van der Waals surface area contributed by atoms with E-state index in [9.17, 15) is 9.50 Å². The lowest BCUT2D eigenvalue weighted by molar-refractivity contribution is 0.463. The summed E-state index contributed by atoms with van der Waals surface area (Å²) in [5.74, 6) is -0.128. The van der Waals surface area contributed by atoms with Crippen LogP contribution in [0.2, 0.25) is 0 Å². The van der Waals surface area contributed by atoms with Gasteiger partial charge in [0.15, 0.2) is 0 Å². The summed E-state index contributed by atoms with van der Waals surface area (Å²) >= 11 is 0. The minimum Gasteiger partial charge on any atom is -0.508 e. The third-order valence-corrected chi connectivity index (χ3v) is 3.02. The molecule has 0 aliphatic carbocycles. The van der Waals surface area contributed by atoms with Crippen molar-refractivity contribution in [1.29, 1.82) is 0 Å². The fraction of sp³-hybridized carbons (Fsp3) is 0.200. The number of nitrogens with two attached hydrogens (primary N) is 1. The predicted octanol–water partition coefficient (Wildman–Crippen LogP) is 3.01. The fourth-order valence-electron chi connectivity index (χ4n) is 2.17. The molecule has 0 aliphatic rings. The molecule has 3 N–H and O–H groups in total. The van der Waals surface area contributed by atoms with Crippen LogP contribution in [0.5, 0.6) is 5.75 Å². The maximum Gasteiger partial charge on any atom is 0.123 e. The zero-order chi connectivity index (χ0) is 13.0. The molecule has 2 aromatic carbocycles. The summed E-state index contributed by atoms with van der Waals surface area (Å²) in [7, 11) is 0. The molecule has 0 saturated carbocycles. The second kappa shape index (κ2) is 5.65. The van der Waals surface area contributed by atoms with Gasteiger partial charge in [0.25, 0.3) is 0 Å². The smallest absolute Gasteiger partial charge is 0.123 e. The number of phenols is 1. The monoisotopic (exact) mass is 245 g/mol. The number of rotatable bonds is 4. The summed E-state index contributed by atoms with van der Waals surface area (Å²) in [4.78, 5) is 0. The van der Waals surface area contributed by atoms with Gasteiger partial charge in [0.2, 0.25) is 0 Å². The van der Waals surface area contributed by atoms with E-state index in [0.29, 0.717) is 13.0 Å². The van der Waals surface area contributed by atoms with Crippen molar-refractivity contribution in [2.24, 2.45) is 5.73 Å². The van der Waals surface area contributed by atoms with Crippen molar-refractivity contribution in [3.05, 3.63) is 65.5 Å². The maximum atomic E-state index is 13.3. The third kappa shape index (κ3) is 2.68. The lowest BCUT2D eigenvalue weighted by atomic mass is 9.88. The summed E-state index contributed by atoms with van der Waals surface area (Å²) in [6.07, 6.45) is 0.668. The lowest BCUT2D eigenvalue weighted by Gasteiger charge is -2.18. The van der Waals surface area contributed by atoms with Crippen molar-refractivity contribution in [3.8, 4) is 5.75 Å². The largest absolute Gasteiger partial charge is 0.508 e. The summed E-state index contributed by atoms with van der Waals surface area (Å²) in [5, 5.41) is 9.90. The molecule has 0 spiro atoms. The Kier molecular flexibility index (Phi) is 3.95. The normalized spacial score (nSPS) is 12.3. The molecule has 0 heterocycles. The average molecular weight is 245 g/mol. The molecular weight excluding hydrogens is 229 g/mol. The molecule has 0 bridgehead atoms. The first kappa shape index (κ1) is 12.6. The number of benzene rings is 2. The molecule has 94 valence electrons. The molecule has 0 saturated heterocycles. The van der Waals surface area contributed by atoms with Crippen LogP contribution in [0.3, 0.4) is 0 Å². The molecule has 2 nitrogen and oxygen atoms in total. The van der Waals surface area contributed by atoms with Gasteiger partial charge in [0.05, 0.1) is 0 Å². The van der Waals surface area contributed by atoms with E-state index < -0.39 is 0 Å². The Hall–Kier alpha value is -1.87. The summed E-state index contributed by atoms with van der Waals surface area (Å²) in [5.41, 5.74) is 7.24. The van der Waals surface area contributed by atoms with Gasteiger partial charge in [-0.3, -0.25) is 0 Å². The number of aromatic hydroxyl groups is 1. The van der Waals surface area contributed by atoms with Gasteiger partial charge in [-0.05, 0) is 36.7 Å². The predicted molar refractivity (Wildman–Crippen MR) is 70.0 cm³/mol. The minimum atomic E-state index is -0.273. The zero-order valence-corrected chi connectivity index (χ0v) is 10.0. The van der Waals surface area contributed by atoms with Crippen LogP contribution < -0.4 is 5.73 Å². The number of halogens is 1. The molecule has 3 heteroatoms. The van der Waals surface area contributed by atoms with Gasteiger partial charge < -0.3 is 10.8 Å². The van der Waals surface area contributed by atoms with Crippen molar-refractivity contribution in [1.82, 2.24) is 0 Å². The van der Waals surface area contributed by atoms with Gasteiger partial charge in [-0.1, -0.05) is 30.3 Å². The first-order chi connectivity index (χ1) is 8.72. The highest BCUT2D eigenvalue weighted by atomic mass is 19.1. The van der Waals surface area contributed by atoms with Crippen LogP contribution in [-0.2, 0) is 0 Å². The number of para-hydroxylation sites is 1. The molecule has 0 radical (unpaired) electrons. The summed E-state index contributed by atoms with van der Waals surface area (Å²) in [6, 6.07) is 13.5. The molecule has 0 aromatic heterocycles. The molecule has 1 unspecified atom stereocenters. The van der Waals surface area contributed by atoms with Crippen molar-refractivity contribution < 1.29 is 9.50 Å². The van der Waals surface area contributed by atoms with E-state index in [4.69, 9.17) is 5.73 Å². The van der Waals surface area contributed by atoms with Crippen LogP contribution in [-0.4, -0.2) is 11.7 Å². The lowest BCUT2D eigenvalue weighted by Crippen LogP contribution is -2.09. The van der Waals surface area contributed by atoms with Crippen molar-refractivity contribution in [3.63, 3.8) is 0 Å². The Balaban J connectivity index is 2.43. The van der Waals surface area contributed by atoms with Crippen molar-refractivity contribution in [2.45, 2.75) is 12.3 Å². The Morgan fingerprint density at radius 1 is 1.11 bits per heavy atom. The molecular formula is C15H16FNO. The van der Waals surface area contributed by atoms with Gasteiger partial charge in [-0.15, -0.1) is 0 Å². The van der Waals surface area contributed by atoms with E-state index in [1.165, 1.54) is 12.1 Å². The summed E-state index contributed by atoms with van der Waals surface area (Å²) in [6.45, 7) is 0.482. The van der Waals surface area contributed by atoms with E-state index in [1.807, 2.05) is 18.2 Å². The first-order valence-electron chi connectivity index (χ1n) is 5.96. The highest BCUT2D eigenvalue weighted by Crippen LogP contribution is 2.33. The molecule has 0 fully saturated rings. The van der Waals surface area contributed by atoms with Gasteiger partial charge in [0.1, 0.15) is 11.6 Å². The molecule has 18 heavy (non-hydrogen) atoms. The second-order valence-corrected chi connectivity index (χ2v) is 4.24. The third-order valence-electron chi connectivity index (χ3n) is 3.02. The molecule has 0 amide bonds. The Labute approximate surface area is 106 Å². The Bertz CT molecular complexity index is 527. The van der Waals surface area contributed by atoms with E-state index in [2.05, 4.69) is 0 Å². The zero-order valence-electron chi connectivity index (χ0n) is 10.0. The van der Waals surface area contributed by atoms with Gasteiger partial charge in [-0.25, -0.2) is 4.39 Å². The minimum absolute atomic E-state index is 0.0769. The fourth-order valence-corrected chi connectivity index (χ4v) is 2.17. The SMILES string of the molecule is NCCC(c1cccc(F)c1)c1ccccc1O. The highest BCUT2D eigenvalue weighted by Gasteiger charge is 2.16. The highest BCUT2D eigenvalue weighted by molar-refractivity contribution is 5.41. The first-order valence-corrected chi connectivity index (χ1v) is 5.96. The van der Waals surface area contributed by atoms with E-state index >= 15 is 0 Å². The second-order valence-electron chi connectivity index (χ2n) is 4.24. The molecule has 2 aromatic rings. The van der Waals surface area contributed by atoms with Crippen molar-refractivity contribution >= 4 is 0 Å². The van der Waals surface area contributed by atoms with Crippen LogP contribution in [0.1, 0.15) is 23.5 Å². The summed E-state index contributed by atoms with van der Waals surface area (Å²) < 4.78 is 13.3. The average Bonchev–Trinajstić information content (AvgIpc) is 2.37. The topological polar surface area (TPSA) is 46.2 Å². The number of hydrogen-bond acceptors (Lipinski definition) is 2. The van der Waals surface area contributed by atoms with Gasteiger partial charge >= 0.3 is 0 Å². The maximum absolute atomic E-state index is 13.3. The van der Waals surface area contributed by atoms with E-state index in [0.717, 1.165) is 11.1 Å². The van der Waals surface area contributed by atoms with Gasteiger partial charge in [-0.2, -0.15) is 0 Å². The van der Waals surface area contributed by atoms with Crippen LogP contribution in [0.15, 0.2) is 48.5 Å². The van der Waals surface area contributed by atoms with Crippen LogP contribution in [0, 0.1) is 5.82 Å². The van der Waals surface area contributed by atoms with Gasteiger partial charge in [0, 0.05) is 11.5 Å². The van der Waals surface area contributed by atoms with E-state index in [1.54, 1.807) is 18.2 Å². The molecule has 2 rings (SSSR count). The molecule has 1 atom stereocenters. The number of phenolic OH excluding ortho intramolecular Hbond substituents is 1. The van der Waals surface area contributed by atoms with Crippen LogP contribution in [0.25, 0.3) is 0 Å². The van der Waals surface area contributed by atoms with Crippen LogP contribution >= 0.6 is 0 Å². The number of hydrogen-bond donors (Lipinski definition) is 2. The Morgan fingerprint density at radius 3 is 2.56 bits per heavy atom. The molecule has 0 aliphatic heterocycles. The van der Waals surface area contributed by atoms with E-state index in [-0.39, 0.29) is 17.5 Å². The van der Waals surface area contributed by atoms with Crippen molar-refractivity contribution in [2.75, 3.05) is 6.54 Å². The standard InChI is InChI=1S/C15H16FNO/c16-12-5-3-4-11(10-12)13(8-9-17)14-6-1-2-7-15(14)18/h1-7,10,13,18H,8-9,17H2. The Morgan fingerprint density at radius 2 is 1.89 bits per heavy atom. The quantitative estimate of drug-likeness (QED) is 0.869.